The van der Waals surface area contributed by atoms with Crippen molar-refractivity contribution in [3.8, 4) is 0 Å². The van der Waals surface area contributed by atoms with Gasteiger partial charge in [0.2, 0.25) is 5.91 Å². The first-order valence-electron chi connectivity index (χ1n) is 6.00. The van der Waals surface area contributed by atoms with E-state index in [0.717, 1.165) is 31.0 Å². The number of hydrogen-bond acceptors (Lipinski definition) is 2. The van der Waals surface area contributed by atoms with E-state index in [4.69, 9.17) is 0 Å². The van der Waals surface area contributed by atoms with Gasteiger partial charge in [-0.2, -0.15) is 0 Å². The van der Waals surface area contributed by atoms with Gasteiger partial charge in [0.25, 0.3) is 0 Å². The van der Waals surface area contributed by atoms with Crippen molar-refractivity contribution in [2.75, 3.05) is 11.9 Å². The van der Waals surface area contributed by atoms with Crippen LogP contribution in [-0.2, 0) is 4.79 Å². The van der Waals surface area contributed by atoms with Crippen LogP contribution < -0.4 is 10.6 Å². The summed E-state index contributed by atoms with van der Waals surface area (Å²) in [6.07, 6.45) is 1.89. The van der Waals surface area contributed by atoms with E-state index < -0.39 is 11.6 Å². The van der Waals surface area contributed by atoms with Gasteiger partial charge in [0.15, 0.2) is 0 Å². The van der Waals surface area contributed by atoms with Crippen LogP contribution >= 0.6 is 0 Å². The molecule has 1 amide bonds. The highest BCUT2D eigenvalue weighted by atomic mass is 19.1. The predicted octanol–water partition coefficient (Wildman–Crippen LogP) is 2.68. The molecular formula is C13H18F2N2O. The fraction of sp³-hybridized carbons (Fsp3) is 0.462. The summed E-state index contributed by atoms with van der Waals surface area (Å²) in [5, 5.41) is 5.47. The van der Waals surface area contributed by atoms with Crippen LogP contribution in [0, 0.1) is 11.6 Å². The largest absolute Gasteiger partial charge is 0.376 e. The van der Waals surface area contributed by atoms with Gasteiger partial charge in [-0.15, -0.1) is 0 Å². The van der Waals surface area contributed by atoms with Gasteiger partial charge in [0.05, 0.1) is 6.54 Å². The second-order valence-electron chi connectivity index (χ2n) is 4.27. The molecule has 1 aromatic carbocycles. The molecule has 0 bridgehead atoms. The molecule has 0 saturated heterocycles. The Morgan fingerprint density at radius 1 is 1.28 bits per heavy atom. The summed E-state index contributed by atoms with van der Waals surface area (Å²) in [5.74, 6) is -1.53. The molecule has 0 radical (unpaired) electrons. The van der Waals surface area contributed by atoms with Crippen LogP contribution in [0.3, 0.4) is 0 Å². The maximum absolute atomic E-state index is 12.9. The van der Waals surface area contributed by atoms with Crippen LogP contribution in [0.1, 0.15) is 26.7 Å². The van der Waals surface area contributed by atoms with E-state index in [2.05, 4.69) is 10.6 Å². The van der Waals surface area contributed by atoms with Gasteiger partial charge >= 0.3 is 0 Å². The number of carbonyl (C=O) groups excluding carboxylic acids is 1. The van der Waals surface area contributed by atoms with Gasteiger partial charge < -0.3 is 10.6 Å². The maximum atomic E-state index is 12.9. The summed E-state index contributed by atoms with van der Waals surface area (Å²) in [6.45, 7) is 3.95. The van der Waals surface area contributed by atoms with Crippen LogP contribution in [0.15, 0.2) is 18.2 Å². The molecule has 100 valence electrons. The van der Waals surface area contributed by atoms with Gasteiger partial charge in [-0.05, 0) is 25.5 Å². The summed E-state index contributed by atoms with van der Waals surface area (Å²) < 4.78 is 25.8. The first-order chi connectivity index (χ1) is 8.51. The summed E-state index contributed by atoms with van der Waals surface area (Å²) in [5.41, 5.74) is 0.255. The molecule has 1 rings (SSSR count). The average molecular weight is 256 g/mol. The van der Waals surface area contributed by atoms with Crippen molar-refractivity contribution in [1.29, 1.82) is 0 Å². The Morgan fingerprint density at radius 3 is 2.44 bits per heavy atom. The van der Waals surface area contributed by atoms with Crippen molar-refractivity contribution in [3.05, 3.63) is 29.8 Å². The molecule has 1 unspecified atom stereocenters. The fourth-order valence-corrected chi connectivity index (χ4v) is 1.67. The molecule has 0 aliphatic carbocycles. The van der Waals surface area contributed by atoms with Crippen LogP contribution in [0.5, 0.6) is 0 Å². The number of halogens is 2. The summed E-state index contributed by atoms with van der Waals surface area (Å²) in [6, 6.07) is 3.18. The fourth-order valence-electron chi connectivity index (χ4n) is 1.67. The van der Waals surface area contributed by atoms with E-state index in [-0.39, 0.29) is 24.2 Å². The molecule has 0 fully saturated rings. The van der Waals surface area contributed by atoms with Gasteiger partial charge in [-0.25, -0.2) is 8.78 Å². The normalized spacial score (nSPS) is 12.0. The average Bonchev–Trinajstić information content (AvgIpc) is 2.25. The van der Waals surface area contributed by atoms with Crippen LogP contribution in [0.2, 0.25) is 0 Å². The Kier molecular flexibility index (Phi) is 5.55. The second kappa shape index (κ2) is 6.93. The van der Waals surface area contributed by atoms with E-state index >= 15 is 0 Å². The number of hydrogen-bond donors (Lipinski definition) is 2. The van der Waals surface area contributed by atoms with Crippen molar-refractivity contribution < 1.29 is 13.6 Å². The van der Waals surface area contributed by atoms with E-state index in [1.165, 1.54) is 0 Å². The zero-order valence-electron chi connectivity index (χ0n) is 10.6. The van der Waals surface area contributed by atoms with Crippen LogP contribution in [0.4, 0.5) is 14.5 Å². The number of amides is 1. The first-order valence-corrected chi connectivity index (χ1v) is 6.00. The molecule has 0 spiro atoms. The molecule has 0 saturated carbocycles. The van der Waals surface area contributed by atoms with Crippen LogP contribution in [-0.4, -0.2) is 18.5 Å². The van der Waals surface area contributed by atoms with E-state index in [0.29, 0.717) is 0 Å². The summed E-state index contributed by atoms with van der Waals surface area (Å²) in [4.78, 5) is 11.5. The Balaban J connectivity index is 2.42. The Labute approximate surface area is 106 Å². The maximum Gasteiger partial charge on any atom is 0.239 e. The third-order valence-corrected chi connectivity index (χ3v) is 2.44. The lowest BCUT2D eigenvalue weighted by atomic mass is 10.2. The lowest BCUT2D eigenvalue weighted by Gasteiger charge is -2.13. The molecule has 1 atom stereocenters. The number of benzene rings is 1. The van der Waals surface area contributed by atoms with Crippen molar-refractivity contribution >= 4 is 11.6 Å². The first kappa shape index (κ1) is 14.4. The number of rotatable bonds is 6. The van der Waals surface area contributed by atoms with Crippen molar-refractivity contribution in [2.45, 2.75) is 32.7 Å². The minimum absolute atomic E-state index is 0.00303. The van der Waals surface area contributed by atoms with Crippen molar-refractivity contribution in [1.82, 2.24) is 5.32 Å². The van der Waals surface area contributed by atoms with Gasteiger partial charge in [0.1, 0.15) is 11.6 Å². The molecule has 0 aromatic heterocycles. The van der Waals surface area contributed by atoms with E-state index in [1.807, 2.05) is 13.8 Å². The molecule has 18 heavy (non-hydrogen) atoms. The van der Waals surface area contributed by atoms with E-state index in [1.54, 1.807) is 0 Å². The molecule has 2 N–H and O–H groups in total. The monoisotopic (exact) mass is 256 g/mol. The predicted molar refractivity (Wildman–Crippen MR) is 67.4 cm³/mol. The Hall–Kier alpha value is -1.65. The number of carbonyl (C=O) groups is 1. The van der Waals surface area contributed by atoms with Gasteiger partial charge in [-0.1, -0.05) is 13.3 Å². The minimum Gasteiger partial charge on any atom is -0.376 e. The SMILES string of the molecule is CCCC(C)NC(=O)CNc1cc(F)cc(F)c1. The lowest BCUT2D eigenvalue weighted by molar-refractivity contribution is -0.120. The Morgan fingerprint density at radius 2 is 1.89 bits per heavy atom. The standard InChI is InChI=1S/C13H18F2N2O/c1-3-4-9(2)17-13(18)8-16-12-6-10(14)5-11(15)7-12/h5-7,9,16H,3-4,8H2,1-2H3,(H,17,18). The van der Waals surface area contributed by atoms with E-state index in [9.17, 15) is 13.6 Å². The zero-order chi connectivity index (χ0) is 13.5. The number of anilines is 1. The highest BCUT2D eigenvalue weighted by Crippen LogP contribution is 2.12. The van der Waals surface area contributed by atoms with Crippen molar-refractivity contribution in [3.63, 3.8) is 0 Å². The van der Waals surface area contributed by atoms with Gasteiger partial charge in [0, 0.05) is 17.8 Å². The summed E-state index contributed by atoms with van der Waals surface area (Å²) >= 11 is 0. The minimum atomic E-state index is -0.669. The second-order valence-corrected chi connectivity index (χ2v) is 4.27. The molecule has 0 aliphatic heterocycles. The quantitative estimate of drug-likeness (QED) is 0.821. The Bertz CT molecular complexity index is 390. The smallest absolute Gasteiger partial charge is 0.239 e. The topological polar surface area (TPSA) is 41.1 Å². The molecular weight excluding hydrogens is 238 g/mol. The molecule has 0 heterocycles. The molecule has 0 aliphatic rings. The summed E-state index contributed by atoms with van der Waals surface area (Å²) in [7, 11) is 0. The number of nitrogens with one attached hydrogen (secondary N) is 2. The third kappa shape index (κ3) is 5.12. The zero-order valence-corrected chi connectivity index (χ0v) is 10.6. The highest BCUT2D eigenvalue weighted by Gasteiger charge is 2.07. The molecule has 5 heteroatoms. The molecule has 1 aromatic rings. The van der Waals surface area contributed by atoms with Crippen LogP contribution in [0.25, 0.3) is 0 Å². The highest BCUT2D eigenvalue weighted by molar-refractivity contribution is 5.80. The third-order valence-electron chi connectivity index (χ3n) is 2.44. The molecule has 3 nitrogen and oxygen atoms in total. The van der Waals surface area contributed by atoms with Gasteiger partial charge in [-0.3, -0.25) is 4.79 Å². The van der Waals surface area contributed by atoms with Crippen molar-refractivity contribution in [2.24, 2.45) is 0 Å². The lowest BCUT2D eigenvalue weighted by Crippen LogP contribution is -2.36.